The van der Waals surface area contributed by atoms with Gasteiger partial charge in [0.05, 0.1) is 5.69 Å². The molecule has 4 amide bonds. The number of rotatable bonds is 3. The van der Waals surface area contributed by atoms with Gasteiger partial charge < -0.3 is 10.6 Å². The largest absolute Gasteiger partial charge is 0.334 e. The summed E-state index contributed by atoms with van der Waals surface area (Å²) in [5.41, 5.74) is 1.34. The lowest BCUT2D eigenvalue weighted by Crippen LogP contribution is -2.42. The third-order valence-corrected chi connectivity index (χ3v) is 4.44. The SMILES string of the molecule is O=C(Nc1ccc(Cl)cc1)N(C(=O)Nc1ccc(Cl)cc1)c1ccc(Cl)cc1. The Kier molecular flexibility index (Phi) is 6.41. The second-order valence-corrected chi connectivity index (χ2v) is 7.00. The first kappa shape index (κ1) is 20.0. The van der Waals surface area contributed by atoms with Crippen LogP contribution in [0.5, 0.6) is 0 Å². The van der Waals surface area contributed by atoms with Gasteiger partial charge in [0.2, 0.25) is 0 Å². The Morgan fingerprint density at radius 3 is 1.25 bits per heavy atom. The van der Waals surface area contributed by atoms with Crippen LogP contribution in [0.3, 0.4) is 0 Å². The van der Waals surface area contributed by atoms with Crippen LogP contribution in [-0.4, -0.2) is 12.1 Å². The summed E-state index contributed by atoms with van der Waals surface area (Å²) >= 11 is 17.6. The summed E-state index contributed by atoms with van der Waals surface area (Å²) in [6.45, 7) is 0. The predicted molar refractivity (Wildman–Crippen MR) is 115 cm³/mol. The van der Waals surface area contributed by atoms with Gasteiger partial charge in [-0.15, -0.1) is 0 Å². The topological polar surface area (TPSA) is 61.4 Å². The number of benzene rings is 3. The summed E-state index contributed by atoms with van der Waals surface area (Å²) in [6.07, 6.45) is 0. The minimum Gasteiger partial charge on any atom is -0.307 e. The molecule has 0 saturated carbocycles. The number of carbonyl (C=O) groups is 2. The van der Waals surface area contributed by atoms with Crippen molar-refractivity contribution in [1.82, 2.24) is 0 Å². The molecule has 3 aromatic rings. The van der Waals surface area contributed by atoms with Crippen molar-refractivity contribution in [2.75, 3.05) is 15.5 Å². The highest BCUT2D eigenvalue weighted by molar-refractivity contribution is 6.31. The molecule has 0 heterocycles. The molecular weight excluding hydrogens is 421 g/mol. The van der Waals surface area contributed by atoms with E-state index in [4.69, 9.17) is 34.8 Å². The molecule has 8 heteroatoms. The fourth-order valence-corrected chi connectivity index (χ4v) is 2.72. The van der Waals surface area contributed by atoms with Crippen LogP contribution in [0.15, 0.2) is 72.8 Å². The third-order valence-electron chi connectivity index (χ3n) is 3.68. The van der Waals surface area contributed by atoms with E-state index in [0.717, 1.165) is 4.90 Å². The molecule has 0 aliphatic carbocycles. The van der Waals surface area contributed by atoms with Crippen molar-refractivity contribution < 1.29 is 9.59 Å². The van der Waals surface area contributed by atoms with Gasteiger partial charge in [-0.05, 0) is 72.8 Å². The summed E-state index contributed by atoms with van der Waals surface area (Å²) < 4.78 is 0. The number of anilines is 3. The lowest BCUT2D eigenvalue weighted by atomic mass is 10.3. The molecule has 5 nitrogen and oxygen atoms in total. The lowest BCUT2D eigenvalue weighted by molar-refractivity contribution is 0.246. The number of amides is 4. The van der Waals surface area contributed by atoms with Gasteiger partial charge in [-0.2, -0.15) is 0 Å². The Hall–Kier alpha value is -2.73. The molecule has 3 rings (SSSR count). The highest BCUT2D eigenvalue weighted by Gasteiger charge is 2.24. The average Bonchev–Trinajstić information content (AvgIpc) is 2.67. The molecule has 28 heavy (non-hydrogen) atoms. The smallest absolute Gasteiger partial charge is 0.307 e. The van der Waals surface area contributed by atoms with Gasteiger partial charge in [0, 0.05) is 26.4 Å². The quantitative estimate of drug-likeness (QED) is 0.470. The Labute approximate surface area is 176 Å². The number of nitrogens with zero attached hydrogens (tertiary/aromatic N) is 1. The molecule has 2 N–H and O–H groups in total. The van der Waals surface area contributed by atoms with Crippen molar-refractivity contribution in [2.24, 2.45) is 0 Å². The van der Waals surface area contributed by atoms with E-state index >= 15 is 0 Å². The lowest BCUT2D eigenvalue weighted by Gasteiger charge is -2.22. The number of halogens is 3. The summed E-state index contributed by atoms with van der Waals surface area (Å²) in [5.74, 6) is 0. The summed E-state index contributed by atoms with van der Waals surface area (Å²) in [4.78, 5) is 26.6. The van der Waals surface area contributed by atoms with Crippen LogP contribution in [-0.2, 0) is 0 Å². The van der Waals surface area contributed by atoms with Crippen molar-refractivity contribution in [3.05, 3.63) is 87.9 Å². The molecular formula is C20H14Cl3N3O2. The molecule has 0 spiro atoms. The second-order valence-electron chi connectivity index (χ2n) is 5.69. The molecule has 0 unspecified atom stereocenters. The molecule has 0 radical (unpaired) electrons. The van der Waals surface area contributed by atoms with Crippen molar-refractivity contribution in [2.45, 2.75) is 0 Å². The molecule has 0 aliphatic rings. The fraction of sp³-hybridized carbons (Fsp3) is 0. The zero-order valence-corrected chi connectivity index (χ0v) is 16.6. The molecule has 3 aromatic carbocycles. The van der Waals surface area contributed by atoms with E-state index < -0.39 is 12.1 Å². The van der Waals surface area contributed by atoms with Crippen LogP contribution in [0.25, 0.3) is 0 Å². The number of hydrogen-bond donors (Lipinski definition) is 2. The van der Waals surface area contributed by atoms with Crippen LogP contribution >= 0.6 is 34.8 Å². The first-order valence-corrected chi connectivity index (χ1v) is 9.24. The van der Waals surface area contributed by atoms with Crippen molar-refractivity contribution >= 4 is 63.9 Å². The van der Waals surface area contributed by atoms with Crippen molar-refractivity contribution in [3.63, 3.8) is 0 Å². The van der Waals surface area contributed by atoms with E-state index in [9.17, 15) is 9.59 Å². The summed E-state index contributed by atoms with van der Waals surface area (Å²) in [7, 11) is 0. The number of carbonyl (C=O) groups excluding carboxylic acids is 2. The van der Waals surface area contributed by atoms with Crippen LogP contribution in [0.2, 0.25) is 15.1 Å². The Morgan fingerprint density at radius 1 is 0.571 bits per heavy atom. The first-order chi connectivity index (χ1) is 13.4. The van der Waals surface area contributed by atoms with E-state index in [1.54, 1.807) is 72.8 Å². The standard InChI is InChI=1S/C20H14Cl3N3O2/c21-13-1-7-16(8-2-13)24-19(27)26(18-11-5-15(23)6-12-18)20(28)25-17-9-3-14(22)4-10-17/h1-12H,(H,24,27)(H,25,28). The van der Waals surface area contributed by atoms with Crippen molar-refractivity contribution in [3.8, 4) is 0 Å². The van der Waals surface area contributed by atoms with E-state index in [0.29, 0.717) is 32.1 Å². The minimum absolute atomic E-state index is 0.349. The van der Waals surface area contributed by atoms with E-state index in [1.165, 1.54) is 0 Å². The maximum atomic E-state index is 12.8. The zero-order chi connectivity index (χ0) is 20.1. The average molecular weight is 435 g/mol. The number of nitrogens with one attached hydrogen (secondary N) is 2. The van der Waals surface area contributed by atoms with Gasteiger partial charge >= 0.3 is 12.1 Å². The number of urea groups is 2. The van der Waals surface area contributed by atoms with E-state index in [-0.39, 0.29) is 0 Å². The monoisotopic (exact) mass is 433 g/mol. The fourth-order valence-electron chi connectivity index (χ4n) is 2.34. The zero-order valence-electron chi connectivity index (χ0n) is 14.3. The van der Waals surface area contributed by atoms with E-state index in [2.05, 4.69) is 10.6 Å². The Bertz CT molecular complexity index is 916. The Morgan fingerprint density at radius 2 is 0.893 bits per heavy atom. The number of imide groups is 1. The normalized spacial score (nSPS) is 10.2. The van der Waals surface area contributed by atoms with Crippen LogP contribution < -0.4 is 15.5 Å². The van der Waals surface area contributed by atoms with E-state index in [1.807, 2.05) is 0 Å². The Balaban J connectivity index is 1.86. The summed E-state index contributed by atoms with van der Waals surface area (Å²) in [6, 6.07) is 18.1. The second kappa shape index (κ2) is 8.97. The first-order valence-electron chi connectivity index (χ1n) is 8.11. The van der Waals surface area contributed by atoms with Gasteiger partial charge in [-0.25, -0.2) is 14.5 Å². The summed E-state index contributed by atoms with van der Waals surface area (Å²) in [5, 5.41) is 6.90. The highest BCUT2D eigenvalue weighted by Crippen LogP contribution is 2.22. The van der Waals surface area contributed by atoms with Crippen LogP contribution in [0.1, 0.15) is 0 Å². The highest BCUT2D eigenvalue weighted by atomic mass is 35.5. The van der Waals surface area contributed by atoms with Crippen LogP contribution in [0, 0.1) is 0 Å². The molecule has 0 atom stereocenters. The molecule has 142 valence electrons. The predicted octanol–water partition coefficient (Wildman–Crippen LogP) is 6.92. The van der Waals surface area contributed by atoms with Gasteiger partial charge in [-0.1, -0.05) is 34.8 Å². The molecule has 0 saturated heterocycles. The maximum absolute atomic E-state index is 12.8. The molecule has 0 fully saturated rings. The number of hydrogen-bond acceptors (Lipinski definition) is 2. The van der Waals surface area contributed by atoms with Crippen molar-refractivity contribution in [1.29, 1.82) is 0 Å². The third kappa shape index (κ3) is 5.16. The molecule has 0 aromatic heterocycles. The maximum Gasteiger partial charge on any atom is 0.334 e. The van der Waals surface area contributed by atoms with Gasteiger partial charge in [0.25, 0.3) is 0 Å². The van der Waals surface area contributed by atoms with Crippen LogP contribution in [0.4, 0.5) is 26.7 Å². The molecule has 0 bridgehead atoms. The van der Waals surface area contributed by atoms with Gasteiger partial charge in [0.15, 0.2) is 0 Å². The minimum atomic E-state index is -0.642. The van der Waals surface area contributed by atoms with Gasteiger partial charge in [0.1, 0.15) is 0 Å². The van der Waals surface area contributed by atoms with Gasteiger partial charge in [-0.3, -0.25) is 0 Å². The molecule has 0 aliphatic heterocycles.